The minimum absolute atomic E-state index is 0. The Bertz CT molecular complexity index is 868. The van der Waals surface area contributed by atoms with E-state index in [1.807, 2.05) is 52.0 Å². The van der Waals surface area contributed by atoms with Crippen molar-refractivity contribution in [3.05, 3.63) is 62.9 Å². The van der Waals surface area contributed by atoms with Gasteiger partial charge < -0.3 is 43.7 Å². The SMILES string of the molecule is COC(=O)CCOc1cc(C)c(Br)c(C)c1.Cc1cc(OCCC(C)(C)O)cc(C)c1Br.[Br-].[CH3-].[Mg+2]. The molecule has 2 aromatic rings. The largest absolute Gasteiger partial charge is 2.00 e. The monoisotopic (exact) mass is 690 g/mol. The van der Waals surface area contributed by atoms with Crippen molar-refractivity contribution in [2.75, 3.05) is 20.3 Å². The Labute approximate surface area is 254 Å². The summed E-state index contributed by atoms with van der Waals surface area (Å²) in [4.78, 5) is 10.9. The predicted octanol–water partition coefficient (Wildman–Crippen LogP) is 3.69. The third-order valence-electron chi connectivity index (χ3n) is 4.61. The van der Waals surface area contributed by atoms with Crippen LogP contribution in [0.4, 0.5) is 0 Å². The van der Waals surface area contributed by atoms with Crippen LogP contribution in [0.15, 0.2) is 33.2 Å². The van der Waals surface area contributed by atoms with Gasteiger partial charge >= 0.3 is 29.0 Å². The van der Waals surface area contributed by atoms with Crippen LogP contribution in [-0.2, 0) is 9.53 Å². The molecule has 0 saturated carbocycles. The fourth-order valence-corrected chi connectivity index (χ4v) is 3.21. The number of carbonyl (C=O) groups excluding carboxylic acids is 1. The Morgan fingerprint density at radius 1 is 0.857 bits per heavy atom. The van der Waals surface area contributed by atoms with Crippen LogP contribution in [0.2, 0.25) is 0 Å². The number of hydrogen-bond acceptors (Lipinski definition) is 5. The zero-order valence-electron chi connectivity index (χ0n) is 22.1. The second-order valence-corrected chi connectivity index (χ2v) is 9.91. The molecule has 0 radical (unpaired) electrons. The number of aryl methyl sites for hydroxylation is 4. The van der Waals surface area contributed by atoms with Gasteiger partial charge in [-0.2, -0.15) is 0 Å². The molecule has 35 heavy (non-hydrogen) atoms. The maximum Gasteiger partial charge on any atom is 2.00 e. The molecule has 0 heterocycles. The third kappa shape index (κ3) is 15.5. The van der Waals surface area contributed by atoms with Crippen molar-refractivity contribution in [3.63, 3.8) is 0 Å². The van der Waals surface area contributed by atoms with Crippen molar-refractivity contribution in [3.8, 4) is 11.5 Å². The van der Waals surface area contributed by atoms with Crippen LogP contribution in [0, 0.1) is 35.1 Å². The Morgan fingerprint density at radius 3 is 1.51 bits per heavy atom. The molecular weight excluding hydrogens is 656 g/mol. The number of hydrogen-bond donors (Lipinski definition) is 1. The molecule has 0 aliphatic carbocycles. The first-order valence-electron chi connectivity index (χ1n) is 10.4. The van der Waals surface area contributed by atoms with Crippen molar-refractivity contribution >= 4 is 60.9 Å². The average Bonchev–Trinajstić information content (AvgIpc) is 2.69. The molecule has 5 nitrogen and oxygen atoms in total. The van der Waals surface area contributed by atoms with Crippen LogP contribution in [0.5, 0.6) is 11.5 Å². The Balaban J connectivity index is -0.000000539. The van der Waals surface area contributed by atoms with Crippen LogP contribution in [0.3, 0.4) is 0 Å². The topological polar surface area (TPSA) is 65.0 Å². The molecule has 0 aliphatic rings. The quantitative estimate of drug-likeness (QED) is 0.260. The van der Waals surface area contributed by atoms with Crippen LogP contribution in [-0.4, -0.2) is 60.1 Å². The van der Waals surface area contributed by atoms with E-state index in [1.54, 1.807) is 13.8 Å². The minimum Gasteiger partial charge on any atom is -1.00 e. The number of benzene rings is 2. The van der Waals surface area contributed by atoms with Crippen molar-refractivity contribution in [1.29, 1.82) is 0 Å². The number of carbonyl (C=O) groups is 1. The zero-order chi connectivity index (χ0) is 24.5. The molecule has 0 fully saturated rings. The maximum atomic E-state index is 10.9. The van der Waals surface area contributed by atoms with Crippen molar-refractivity contribution in [1.82, 2.24) is 0 Å². The van der Waals surface area contributed by atoms with E-state index in [0.29, 0.717) is 19.6 Å². The first-order valence-corrected chi connectivity index (χ1v) is 12.0. The van der Waals surface area contributed by atoms with Gasteiger partial charge in [0, 0.05) is 15.4 Å². The molecule has 0 bridgehead atoms. The van der Waals surface area contributed by atoms with Crippen molar-refractivity contribution < 1.29 is 41.1 Å². The number of esters is 1. The van der Waals surface area contributed by atoms with Gasteiger partial charge in [0.05, 0.1) is 32.3 Å². The smallest absolute Gasteiger partial charge is 1.00 e. The Morgan fingerprint density at radius 2 is 1.20 bits per heavy atom. The zero-order valence-corrected chi connectivity index (χ0v) is 28.2. The van der Waals surface area contributed by atoms with Crippen molar-refractivity contribution in [2.24, 2.45) is 0 Å². The molecule has 0 aromatic heterocycles. The average molecular weight is 694 g/mol. The normalized spacial score (nSPS) is 9.89. The summed E-state index contributed by atoms with van der Waals surface area (Å²) in [6.45, 7) is 12.5. The van der Waals surface area contributed by atoms with E-state index in [0.717, 1.165) is 31.6 Å². The summed E-state index contributed by atoms with van der Waals surface area (Å²) in [5.41, 5.74) is 3.90. The minimum atomic E-state index is -0.667. The van der Waals surface area contributed by atoms with E-state index >= 15 is 0 Å². The van der Waals surface area contributed by atoms with Gasteiger partial charge in [-0.15, -0.1) is 0 Å². The number of aliphatic hydroxyl groups is 1. The van der Waals surface area contributed by atoms with Crippen molar-refractivity contribution in [2.45, 2.75) is 60.0 Å². The molecule has 1 N–H and O–H groups in total. The number of rotatable bonds is 8. The Hall–Kier alpha value is -0.324. The summed E-state index contributed by atoms with van der Waals surface area (Å²) in [7, 11) is 1.37. The van der Waals surface area contributed by atoms with Crippen LogP contribution in [0.25, 0.3) is 0 Å². The molecule has 0 unspecified atom stereocenters. The first-order chi connectivity index (χ1) is 14.8. The van der Waals surface area contributed by atoms with E-state index < -0.39 is 5.60 Å². The summed E-state index contributed by atoms with van der Waals surface area (Å²) in [6.07, 6.45) is 0.895. The van der Waals surface area contributed by atoms with Crippen LogP contribution in [0.1, 0.15) is 48.9 Å². The molecule has 9 heteroatoms. The maximum absolute atomic E-state index is 10.9. The van der Waals surface area contributed by atoms with E-state index in [1.165, 1.54) is 18.2 Å². The second-order valence-electron chi connectivity index (χ2n) is 8.33. The number of ether oxygens (including phenoxy) is 3. The second kappa shape index (κ2) is 18.8. The van der Waals surface area contributed by atoms with Gasteiger partial charge in [-0.05, 0) is 88.1 Å². The van der Waals surface area contributed by atoms with Gasteiger partial charge in [-0.25, -0.2) is 0 Å². The molecule has 194 valence electrons. The number of halogens is 3. The molecule has 0 spiro atoms. The summed E-state index contributed by atoms with van der Waals surface area (Å²) >= 11 is 7.00. The summed E-state index contributed by atoms with van der Waals surface area (Å²) in [6, 6.07) is 7.88. The third-order valence-corrected chi connectivity index (χ3v) is 7.11. The van der Waals surface area contributed by atoms with Gasteiger partial charge in [0.15, 0.2) is 0 Å². The van der Waals surface area contributed by atoms with E-state index in [2.05, 4.69) is 36.6 Å². The fourth-order valence-electron chi connectivity index (χ4n) is 2.75. The Kier molecular flexibility index (Phi) is 21.1. The van der Waals surface area contributed by atoms with Gasteiger partial charge in [-0.3, -0.25) is 4.79 Å². The van der Waals surface area contributed by atoms with Crippen LogP contribution < -0.4 is 26.5 Å². The summed E-state index contributed by atoms with van der Waals surface area (Å²) < 4.78 is 17.8. The van der Waals surface area contributed by atoms with E-state index in [4.69, 9.17) is 9.47 Å². The van der Waals surface area contributed by atoms with Gasteiger partial charge in [0.1, 0.15) is 11.5 Å². The first kappa shape index (κ1) is 39.2. The van der Waals surface area contributed by atoms with E-state index in [-0.39, 0.29) is 59.9 Å². The summed E-state index contributed by atoms with van der Waals surface area (Å²) in [5.74, 6) is 1.38. The number of methoxy groups -OCH3 is 1. The molecular formula is C26H37Br3MgO5. The molecule has 0 atom stereocenters. The van der Waals surface area contributed by atoms with Gasteiger partial charge in [0.25, 0.3) is 0 Å². The molecule has 2 rings (SSSR count). The fraction of sp³-hybridized carbons (Fsp3) is 0.462. The molecule has 0 aliphatic heterocycles. The summed E-state index contributed by atoms with van der Waals surface area (Å²) in [5, 5.41) is 9.56. The van der Waals surface area contributed by atoms with Gasteiger partial charge in [0.2, 0.25) is 0 Å². The van der Waals surface area contributed by atoms with E-state index in [9.17, 15) is 9.90 Å². The van der Waals surface area contributed by atoms with Crippen LogP contribution >= 0.6 is 31.9 Å². The molecule has 0 amide bonds. The standard InChI is InChI=1S/C13H19BrO2.C12H15BrO3.CH3.BrH.Mg/c1-9-7-11(8-10(2)12(9)14)16-6-5-13(3,4)15;1-8-6-10(7-9(2)12(8)13)16-5-4-11(14)15-3;;;/h7-8,15H,5-6H2,1-4H3;6-7H,4-5H2,1-3H3;1H3;1H;/q;;-1;;+2/p-1. The van der Waals surface area contributed by atoms with Gasteiger partial charge in [-0.1, -0.05) is 31.9 Å². The molecule has 2 aromatic carbocycles. The predicted molar refractivity (Wildman–Crippen MR) is 148 cm³/mol. The molecule has 0 saturated heterocycles.